The Morgan fingerprint density at radius 1 is 1.03 bits per heavy atom. The largest absolute Gasteiger partial charge is 0.444 e. The smallest absolute Gasteiger partial charge is 0.408 e. The van der Waals surface area contributed by atoms with Gasteiger partial charge in [-0.25, -0.2) is 4.79 Å². The van der Waals surface area contributed by atoms with Gasteiger partial charge in [0.15, 0.2) is 0 Å². The average molecular weight is 516 g/mol. The number of aryl methyl sites for hydroxylation is 1. The quantitative estimate of drug-likeness (QED) is 0.305. The summed E-state index contributed by atoms with van der Waals surface area (Å²) in [4.78, 5) is 40.3. The minimum atomic E-state index is -1.42. The lowest BCUT2D eigenvalue weighted by molar-refractivity contribution is -0.137. The molecule has 3 aromatic rings. The highest BCUT2D eigenvalue weighted by Crippen LogP contribution is 2.26. The first kappa shape index (κ1) is 28.2. The van der Waals surface area contributed by atoms with Gasteiger partial charge in [-0.1, -0.05) is 67.9 Å². The molecule has 0 aliphatic carbocycles. The highest BCUT2D eigenvalue weighted by atomic mass is 16.6. The molecule has 3 rings (SSSR count). The van der Waals surface area contributed by atoms with E-state index in [1.54, 1.807) is 39.0 Å². The molecular weight excluding hydrogens is 482 g/mol. The number of hydrogen-bond acceptors (Lipinski definition) is 5. The van der Waals surface area contributed by atoms with E-state index in [-0.39, 0.29) is 0 Å². The Bertz CT molecular complexity index is 1340. The first-order valence-corrected chi connectivity index (χ1v) is 12.3. The topological polar surface area (TPSA) is 108 Å². The van der Waals surface area contributed by atoms with Crippen molar-refractivity contribution in [2.24, 2.45) is 0 Å². The molecule has 0 saturated heterocycles. The molecule has 8 heteroatoms. The lowest BCUT2D eigenvalue weighted by Crippen LogP contribution is -2.52. The highest BCUT2D eigenvalue weighted by Gasteiger charge is 2.35. The van der Waals surface area contributed by atoms with Gasteiger partial charge in [-0.3, -0.25) is 14.5 Å². The summed E-state index contributed by atoms with van der Waals surface area (Å²) in [5.41, 5.74) is 1.22. The van der Waals surface area contributed by atoms with Crippen molar-refractivity contribution in [2.45, 2.75) is 51.8 Å². The summed E-state index contributed by atoms with van der Waals surface area (Å²) >= 11 is 0. The molecule has 38 heavy (non-hydrogen) atoms. The molecule has 2 atom stereocenters. The van der Waals surface area contributed by atoms with Gasteiger partial charge in [0, 0.05) is 11.7 Å². The number of aliphatic hydroxyl groups excluding tert-OH is 1. The Balaban J connectivity index is 1.94. The van der Waals surface area contributed by atoms with Crippen LogP contribution in [0.5, 0.6) is 0 Å². The molecule has 0 radical (unpaired) electrons. The van der Waals surface area contributed by atoms with E-state index in [1.165, 1.54) is 0 Å². The van der Waals surface area contributed by atoms with Crippen LogP contribution in [0.15, 0.2) is 66.7 Å². The van der Waals surface area contributed by atoms with E-state index in [4.69, 9.17) is 11.2 Å². The summed E-state index contributed by atoms with van der Waals surface area (Å²) in [5.74, 6) is -1.39. The molecule has 8 nitrogen and oxygen atoms in total. The van der Waals surface area contributed by atoms with Crippen molar-refractivity contribution in [3.63, 3.8) is 0 Å². The Morgan fingerprint density at radius 2 is 1.68 bits per heavy atom. The zero-order valence-corrected chi connectivity index (χ0v) is 22.0. The van der Waals surface area contributed by atoms with Gasteiger partial charge in [-0.15, -0.1) is 0 Å². The van der Waals surface area contributed by atoms with E-state index in [2.05, 4.69) is 16.7 Å². The van der Waals surface area contributed by atoms with Crippen molar-refractivity contribution in [3.05, 3.63) is 77.9 Å². The second-order valence-electron chi connectivity index (χ2n) is 9.77. The lowest BCUT2D eigenvalue weighted by Gasteiger charge is -2.30. The monoisotopic (exact) mass is 515 g/mol. The zero-order valence-electron chi connectivity index (χ0n) is 22.0. The van der Waals surface area contributed by atoms with Gasteiger partial charge >= 0.3 is 6.09 Å². The van der Waals surface area contributed by atoms with E-state index < -0.39 is 42.2 Å². The van der Waals surface area contributed by atoms with Crippen LogP contribution in [0.1, 0.15) is 44.9 Å². The maximum Gasteiger partial charge on any atom is 0.408 e. The van der Waals surface area contributed by atoms with Crippen LogP contribution in [-0.2, 0) is 20.7 Å². The van der Waals surface area contributed by atoms with Crippen molar-refractivity contribution in [2.75, 3.05) is 11.9 Å². The normalized spacial score (nSPS) is 12.6. The van der Waals surface area contributed by atoms with E-state index in [0.717, 1.165) is 27.7 Å². The highest BCUT2D eigenvalue weighted by molar-refractivity contribution is 6.01. The number of terminal acetylenes is 1. The fourth-order valence-electron chi connectivity index (χ4n) is 3.90. The number of fused-ring (bicyclic) bond motifs is 1. The predicted molar refractivity (Wildman–Crippen MR) is 147 cm³/mol. The lowest BCUT2D eigenvalue weighted by atomic mass is 10.0. The number of carbonyl (C=O) groups excluding carboxylic acids is 3. The number of ether oxygens (including phenoxy) is 1. The third kappa shape index (κ3) is 7.11. The van der Waals surface area contributed by atoms with Gasteiger partial charge in [-0.05, 0) is 61.2 Å². The van der Waals surface area contributed by atoms with Gasteiger partial charge in [0.1, 0.15) is 17.7 Å². The summed E-state index contributed by atoms with van der Waals surface area (Å²) in [7, 11) is 0. The van der Waals surface area contributed by atoms with Gasteiger partial charge in [0.25, 0.3) is 11.8 Å². The molecule has 3 aromatic carbocycles. The van der Waals surface area contributed by atoms with Gasteiger partial charge in [0.2, 0.25) is 0 Å². The van der Waals surface area contributed by atoms with Gasteiger partial charge in [0.05, 0.1) is 6.61 Å². The molecule has 0 spiro atoms. The second-order valence-corrected chi connectivity index (χ2v) is 9.77. The van der Waals surface area contributed by atoms with E-state index in [9.17, 15) is 19.5 Å². The summed E-state index contributed by atoms with van der Waals surface area (Å²) in [6.45, 7) is 6.27. The SMILES string of the molecule is C#CN(C(=O)C(CO)NC(=O)OC(C)(C)C)C(C(=O)Nc1ccc2ccccc2c1)c1ccc(CC)cc1. The molecule has 2 unspecified atom stereocenters. The van der Waals surface area contributed by atoms with E-state index in [0.29, 0.717) is 11.3 Å². The van der Waals surface area contributed by atoms with Crippen LogP contribution in [0.4, 0.5) is 10.5 Å². The summed E-state index contributed by atoms with van der Waals surface area (Å²) in [6.07, 6.45) is 5.64. The van der Waals surface area contributed by atoms with Crippen molar-refractivity contribution in [1.29, 1.82) is 0 Å². The number of aliphatic hydroxyl groups is 1. The summed E-state index contributed by atoms with van der Waals surface area (Å²) in [6, 6.07) is 20.0. The summed E-state index contributed by atoms with van der Waals surface area (Å²) < 4.78 is 5.20. The summed E-state index contributed by atoms with van der Waals surface area (Å²) in [5, 5.41) is 17.0. The van der Waals surface area contributed by atoms with Crippen LogP contribution in [0.3, 0.4) is 0 Å². The molecule has 198 valence electrons. The van der Waals surface area contributed by atoms with Crippen LogP contribution in [-0.4, -0.2) is 46.2 Å². The van der Waals surface area contributed by atoms with Gasteiger partial charge in [-0.2, -0.15) is 0 Å². The van der Waals surface area contributed by atoms with E-state index in [1.807, 2.05) is 55.5 Å². The van der Waals surface area contributed by atoms with Crippen molar-refractivity contribution in [1.82, 2.24) is 10.2 Å². The maximum atomic E-state index is 13.7. The molecule has 0 aromatic heterocycles. The zero-order chi connectivity index (χ0) is 27.9. The number of amides is 3. The first-order valence-electron chi connectivity index (χ1n) is 12.3. The maximum absolute atomic E-state index is 13.7. The fraction of sp³-hybridized carbons (Fsp3) is 0.300. The number of nitrogens with one attached hydrogen (secondary N) is 2. The minimum absolute atomic E-state index is 0.473. The number of anilines is 1. The number of alkyl carbamates (subject to hydrolysis) is 1. The molecule has 3 amide bonds. The average Bonchev–Trinajstić information content (AvgIpc) is 2.89. The molecule has 0 heterocycles. The van der Waals surface area contributed by atoms with Crippen molar-refractivity contribution >= 4 is 34.4 Å². The van der Waals surface area contributed by atoms with Gasteiger partial charge < -0.3 is 20.5 Å². The Hall–Kier alpha value is -4.35. The molecular formula is C30H33N3O5. The minimum Gasteiger partial charge on any atom is -0.444 e. The van der Waals surface area contributed by atoms with Crippen LogP contribution >= 0.6 is 0 Å². The van der Waals surface area contributed by atoms with Crippen LogP contribution in [0.2, 0.25) is 0 Å². The molecule has 0 bridgehead atoms. The number of benzene rings is 3. The van der Waals surface area contributed by atoms with Crippen LogP contribution in [0, 0.1) is 12.5 Å². The molecule has 0 aliphatic heterocycles. The number of rotatable bonds is 8. The third-order valence-corrected chi connectivity index (χ3v) is 5.78. The van der Waals surface area contributed by atoms with E-state index >= 15 is 0 Å². The Morgan fingerprint density at radius 3 is 2.26 bits per heavy atom. The van der Waals surface area contributed by atoms with Crippen LogP contribution < -0.4 is 10.6 Å². The molecule has 0 saturated carbocycles. The number of carbonyl (C=O) groups is 3. The van der Waals surface area contributed by atoms with Crippen LogP contribution in [0.25, 0.3) is 10.8 Å². The Kier molecular flexibility index (Phi) is 9.11. The third-order valence-electron chi connectivity index (χ3n) is 5.78. The first-order chi connectivity index (χ1) is 18.1. The van der Waals surface area contributed by atoms with Crippen molar-refractivity contribution < 1.29 is 24.2 Å². The molecule has 0 aliphatic rings. The Labute approximate surface area is 223 Å². The molecule has 0 fully saturated rings. The fourth-order valence-corrected chi connectivity index (χ4v) is 3.90. The standard InChI is InChI=1S/C30H33N3O5/c1-6-20-12-14-22(15-13-20)26(27(35)31-24-17-16-21-10-8-9-11-23(21)18-24)33(7-2)28(36)25(19-34)32-29(37)38-30(3,4)5/h2,8-18,25-26,34H,6,19H2,1,3-5H3,(H,31,35)(H,32,37). The number of nitrogens with zero attached hydrogens (tertiary/aromatic N) is 1. The second kappa shape index (κ2) is 12.3. The predicted octanol–water partition coefficient (Wildman–Crippen LogP) is 4.39. The number of hydrogen-bond donors (Lipinski definition) is 3. The van der Waals surface area contributed by atoms with Crippen molar-refractivity contribution in [3.8, 4) is 12.5 Å². The molecule has 3 N–H and O–H groups in total.